The lowest BCUT2D eigenvalue weighted by Crippen LogP contribution is -2.15. The van der Waals surface area contributed by atoms with Gasteiger partial charge in [-0.25, -0.2) is 9.78 Å². The van der Waals surface area contributed by atoms with Gasteiger partial charge in [0.2, 0.25) is 0 Å². The highest BCUT2D eigenvalue weighted by molar-refractivity contribution is 5.92. The highest BCUT2D eigenvalue weighted by Gasteiger charge is 2.11. The third-order valence-corrected chi connectivity index (χ3v) is 3.38. The van der Waals surface area contributed by atoms with Gasteiger partial charge in [-0.15, -0.1) is 0 Å². The third-order valence-electron chi connectivity index (χ3n) is 3.38. The topological polar surface area (TPSA) is 58.4 Å². The summed E-state index contributed by atoms with van der Waals surface area (Å²) >= 11 is 0. The third kappa shape index (κ3) is 2.99. The van der Waals surface area contributed by atoms with Gasteiger partial charge in [-0.05, 0) is 45.3 Å². The van der Waals surface area contributed by atoms with E-state index in [1.165, 1.54) is 0 Å². The highest BCUT2D eigenvalue weighted by Crippen LogP contribution is 2.19. The second kappa shape index (κ2) is 6.05. The zero-order chi connectivity index (χ0) is 14.7. The molecule has 2 rings (SSSR count). The minimum atomic E-state index is -0.910. The Morgan fingerprint density at radius 3 is 2.75 bits per heavy atom. The first-order valence-electron chi connectivity index (χ1n) is 6.90. The Morgan fingerprint density at radius 1 is 1.40 bits per heavy atom. The normalized spacial score (nSPS) is 11.4. The van der Waals surface area contributed by atoms with Gasteiger partial charge in [0, 0.05) is 13.0 Å². The zero-order valence-corrected chi connectivity index (χ0v) is 12.3. The number of benzene rings is 1. The molecule has 108 valence electrons. The van der Waals surface area contributed by atoms with E-state index in [1.54, 1.807) is 12.1 Å². The van der Waals surface area contributed by atoms with E-state index < -0.39 is 5.97 Å². The summed E-state index contributed by atoms with van der Waals surface area (Å²) in [4.78, 5) is 17.7. The lowest BCUT2D eigenvalue weighted by atomic mass is 10.2. The summed E-state index contributed by atoms with van der Waals surface area (Å²) in [7, 11) is 4.12. The number of aryl methyl sites for hydroxylation is 2. The van der Waals surface area contributed by atoms with Gasteiger partial charge in [-0.2, -0.15) is 0 Å². The number of carboxylic acids is 1. The summed E-state index contributed by atoms with van der Waals surface area (Å²) in [5.74, 6) is 0.105. The first kappa shape index (κ1) is 14.5. The average Bonchev–Trinajstić information content (AvgIpc) is 2.75. The van der Waals surface area contributed by atoms with Gasteiger partial charge in [0.1, 0.15) is 5.82 Å². The van der Waals surface area contributed by atoms with Gasteiger partial charge in [-0.1, -0.05) is 6.92 Å². The van der Waals surface area contributed by atoms with E-state index in [0.717, 1.165) is 42.8 Å². The van der Waals surface area contributed by atoms with Crippen LogP contribution in [0.1, 0.15) is 29.5 Å². The van der Waals surface area contributed by atoms with Crippen molar-refractivity contribution in [3.05, 3.63) is 29.6 Å². The lowest BCUT2D eigenvalue weighted by Gasteiger charge is -2.11. The summed E-state index contributed by atoms with van der Waals surface area (Å²) in [5, 5.41) is 9.04. The van der Waals surface area contributed by atoms with E-state index in [-0.39, 0.29) is 5.56 Å². The van der Waals surface area contributed by atoms with Crippen LogP contribution in [-0.2, 0) is 13.0 Å². The van der Waals surface area contributed by atoms with E-state index >= 15 is 0 Å². The molecule has 2 aromatic rings. The Morgan fingerprint density at radius 2 is 2.15 bits per heavy atom. The molecular formula is C15H21N3O2. The monoisotopic (exact) mass is 275 g/mol. The minimum absolute atomic E-state index is 0.290. The molecule has 0 atom stereocenters. The second-order valence-electron chi connectivity index (χ2n) is 5.20. The van der Waals surface area contributed by atoms with Crippen LogP contribution in [0.15, 0.2) is 18.2 Å². The van der Waals surface area contributed by atoms with Crippen molar-refractivity contribution in [2.24, 2.45) is 0 Å². The SMILES string of the molecule is CCc1nc2cc(C(=O)O)ccc2n1CCCN(C)C. The maximum Gasteiger partial charge on any atom is 0.335 e. The molecule has 0 aliphatic heterocycles. The number of aromatic carboxylic acids is 1. The summed E-state index contributed by atoms with van der Waals surface area (Å²) in [6.07, 6.45) is 1.89. The van der Waals surface area contributed by atoms with E-state index in [2.05, 4.69) is 35.5 Å². The van der Waals surface area contributed by atoms with Crippen molar-refractivity contribution >= 4 is 17.0 Å². The maximum atomic E-state index is 11.0. The molecule has 0 amide bonds. The number of fused-ring (bicyclic) bond motifs is 1. The molecule has 1 heterocycles. The molecule has 20 heavy (non-hydrogen) atoms. The molecule has 0 bridgehead atoms. The van der Waals surface area contributed by atoms with E-state index in [0.29, 0.717) is 0 Å². The number of hydrogen-bond donors (Lipinski definition) is 1. The fourth-order valence-corrected chi connectivity index (χ4v) is 2.38. The molecule has 1 N–H and O–H groups in total. The molecule has 0 radical (unpaired) electrons. The number of imidazole rings is 1. The number of rotatable bonds is 6. The van der Waals surface area contributed by atoms with Crippen LogP contribution >= 0.6 is 0 Å². The van der Waals surface area contributed by atoms with Crippen molar-refractivity contribution in [2.45, 2.75) is 26.3 Å². The molecule has 0 aliphatic rings. The second-order valence-corrected chi connectivity index (χ2v) is 5.20. The van der Waals surface area contributed by atoms with Crippen molar-refractivity contribution in [1.29, 1.82) is 0 Å². The fraction of sp³-hybridized carbons (Fsp3) is 0.467. The van der Waals surface area contributed by atoms with Gasteiger partial charge in [0.25, 0.3) is 0 Å². The molecular weight excluding hydrogens is 254 g/mol. The van der Waals surface area contributed by atoms with Crippen LogP contribution in [0.5, 0.6) is 0 Å². The molecule has 0 saturated carbocycles. The highest BCUT2D eigenvalue weighted by atomic mass is 16.4. The van der Waals surface area contributed by atoms with Crippen LogP contribution < -0.4 is 0 Å². The Balaban J connectivity index is 2.34. The van der Waals surface area contributed by atoms with Crippen molar-refractivity contribution in [2.75, 3.05) is 20.6 Å². The van der Waals surface area contributed by atoms with Gasteiger partial charge >= 0.3 is 5.97 Å². The molecule has 5 nitrogen and oxygen atoms in total. The predicted octanol–water partition coefficient (Wildman–Crippen LogP) is 2.25. The first-order chi connectivity index (χ1) is 9.52. The fourth-order valence-electron chi connectivity index (χ4n) is 2.38. The molecule has 1 aromatic heterocycles. The first-order valence-corrected chi connectivity index (χ1v) is 6.90. The summed E-state index contributed by atoms with van der Waals surface area (Å²) in [6.45, 7) is 4.00. The largest absolute Gasteiger partial charge is 0.478 e. The number of carboxylic acid groups (broad SMARTS) is 1. The molecule has 0 spiro atoms. The predicted molar refractivity (Wildman–Crippen MR) is 79.2 cm³/mol. The standard InChI is InChI=1S/C15H21N3O2/c1-4-14-16-12-10-11(15(19)20)6-7-13(12)18(14)9-5-8-17(2)3/h6-7,10H,4-5,8-9H2,1-3H3,(H,19,20). The van der Waals surface area contributed by atoms with Crippen LogP contribution in [0.4, 0.5) is 0 Å². The number of nitrogens with zero attached hydrogens (tertiary/aromatic N) is 3. The van der Waals surface area contributed by atoms with E-state index in [9.17, 15) is 4.79 Å². The number of carbonyl (C=O) groups is 1. The molecule has 0 aliphatic carbocycles. The number of hydrogen-bond acceptors (Lipinski definition) is 3. The van der Waals surface area contributed by atoms with Crippen LogP contribution in [-0.4, -0.2) is 46.2 Å². The molecule has 0 unspecified atom stereocenters. The van der Waals surface area contributed by atoms with Crippen LogP contribution in [0.25, 0.3) is 11.0 Å². The van der Waals surface area contributed by atoms with Crippen molar-refractivity contribution in [1.82, 2.24) is 14.5 Å². The van der Waals surface area contributed by atoms with Crippen molar-refractivity contribution in [3.63, 3.8) is 0 Å². The Bertz CT molecular complexity index is 617. The maximum absolute atomic E-state index is 11.0. The lowest BCUT2D eigenvalue weighted by molar-refractivity contribution is 0.0697. The molecule has 1 aromatic carbocycles. The van der Waals surface area contributed by atoms with Crippen LogP contribution in [0.2, 0.25) is 0 Å². The van der Waals surface area contributed by atoms with Crippen molar-refractivity contribution < 1.29 is 9.90 Å². The zero-order valence-electron chi connectivity index (χ0n) is 12.3. The summed E-state index contributed by atoms with van der Waals surface area (Å²) in [5.41, 5.74) is 2.08. The van der Waals surface area contributed by atoms with Crippen LogP contribution in [0.3, 0.4) is 0 Å². The van der Waals surface area contributed by atoms with Gasteiger partial charge in [-0.3, -0.25) is 0 Å². The Hall–Kier alpha value is -1.88. The Labute approximate surface area is 118 Å². The number of aromatic nitrogens is 2. The smallest absolute Gasteiger partial charge is 0.335 e. The minimum Gasteiger partial charge on any atom is -0.478 e. The van der Waals surface area contributed by atoms with E-state index in [4.69, 9.17) is 5.11 Å². The van der Waals surface area contributed by atoms with Crippen LogP contribution in [0, 0.1) is 0 Å². The quantitative estimate of drug-likeness (QED) is 0.878. The summed E-state index contributed by atoms with van der Waals surface area (Å²) in [6, 6.07) is 5.16. The van der Waals surface area contributed by atoms with Gasteiger partial charge in [0.15, 0.2) is 0 Å². The molecule has 0 fully saturated rings. The Kier molecular flexibility index (Phi) is 4.39. The van der Waals surface area contributed by atoms with E-state index in [1.807, 2.05) is 6.07 Å². The van der Waals surface area contributed by atoms with Gasteiger partial charge < -0.3 is 14.6 Å². The molecule has 0 saturated heterocycles. The van der Waals surface area contributed by atoms with Gasteiger partial charge in [0.05, 0.1) is 16.6 Å². The van der Waals surface area contributed by atoms with Crippen molar-refractivity contribution in [3.8, 4) is 0 Å². The average molecular weight is 275 g/mol. The molecule has 5 heteroatoms. The summed E-state index contributed by atoms with van der Waals surface area (Å²) < 4.78 is 2.20.